The molecule has 0 unspecified atom stereocenters. The monoisotopic (exact) mass is 393 g/mol. The lowest BCUT2D eigenvalue weighted by Crippen LogP contribution is -2.43. The molecule has 5 nitrogen and oxygen atoms in total. The third kappa shape index (κ3) is 4.16. The summed E-state index contributed by atoms with van der Waals surface area (Å²) in [5.74, 6) is -0.497. The van der Waals surface area contributed by atoms with Crippen molar-refractivity contribution < 1.29 is 16.8 Å². The third-order valence-electron chi connectivity index (χ3n) is 4.70. The fraction of sp³-hybridized carbons (Fsp3) is 0.368. The Balaban J connectivity index is 1.85. The molecule has 1 heterocycles. The Kier molecular flexibility index (Phi) is 5.23. The summed E-state index contributed by atoms with van der Waals surface area (Å²) in [6.07, 6.45) is 0. The zero-order valence-electron chi connectivity index (χ0n) is 14.8. The van der Waals surface area contributed by atoms with E-state index >= 15 is 0 Å². The van der Waals surface area contributed by atoms with E-state index in [0.29, 0.717) is 6.54 Å². The number of rotatable bonds is 5. The molecule has 2 aromatic carbocycles. The van der Waals surface area contributed by atoms with Gasteiger partial charge in [0.05, 0.1) is 21.7 Å². The summed E-state index contributed by atoms with van der Waals surface area (Å²) >= 11 is 0. The fourth-order valence-electron chi connectivity index (χ4n) is 3.29. The number of aryl methyl sites for hydroxylation is 2. The summed E-state index contributed by atoms with van der Waals surface area (Å²) in [4.78, 5) is 0.174. The molecular weight excluding hydrogens is 370 g/mol. The molecule has 1 N–H and O–H groups in total. The first-order valence-electron chi connectivity index (χ1n) is 8.47. The van der Waals surface area contributed by atoms with Crippen LogP contribution in [0.2, 0.25) is 0 Å². The smallest absolute Gasteiger partial charge is 0.183 e. The summed E-state index contributed by atoms with van der Waals surface area (Å²) in [5, 5.41) is 2.19. The predicted octanol–water partition coefficient (Wildman–Crippen LogP) is 2.03. The molecule has 26 heavy (non-hydrogen) atoms. The van der Waals surface area contributed by atoms with E-state index in [4.69, 9.17) is 0 Å². The van der Waals surface area contributed by atoms with E-state index in [1.165, 1.54) is 0 Å². The highest BCUT2D eigenvalue weighted by atomic mass is 32.2. The van der Waals surface area contributed by atoms with Crippen LogP contribution in [0.5, 0.6) is 0 Å². The highest BCUT2D eigenvalue weighted by Crippen LogP contribution is 2.26. The SMILES string of the molecule is Cc1ccc(S(=O)(=O)[C@@H]2CS(=O)(=O)C[C@H]2NCc2cccc(C)c2)cc1. The van der Waals surface area contributed by atoms with Crippen molar-refractivity contribution in [3.63, 3.8) is 0 Å². The van der Waals surface area contributed by atoms with Crippen LogP contribution in [0.3, 0.4) is 0 Å². The average Bonchev–Trinajstić information content (AvgIpc) is 2.89. The van der Waals surface area contributed by atoms with Gasteiger partial charge in [-0.15, -0.1) is 0 Å². The maximum absolute atomic E-state index is 13.0. The quantitative estimate of drug-likeness (QED) is 0.841. The number of nitrogens with one attached hydrogen (secondary N) is 1. The van der Waals surface area contributed by atoms with Crippen LogP contribution < -0.4 is 5.32 Å². The maximum atomic E-state index is 13.0. The fourth-order valence-corrected chi connectivity index (χ4v) is 8.00. The number of sulfone groups is 2. The van der Waals surface area contributed by atoms with Crippen molar-refractivity contribution in [3.05, 3.63) is 65.2 Å². The second-order valence-corrected chi connectivity index (χ2v) is 11.3. The zero-order valence-corrected chi connectivity index (χ0v) is 16.5. The van der Waals surface area contributed by atoms with Gasteiger partial charge in [0.15, 0.2) is 19.7 Å². The molecule has 140 valence electrons. The molecule has 1 aliphatic rings. The Morgan fingerprint density at radius 3 is 2.35 bits per heavy atom. The summed E-state index contributed by atoms with van der Waals surface area (Å²) in [6, 6.07) is 13.8. The van der Waals surface area contributed by atoms with Gasteiger partial charge in [0.2, 0.25) is 0 Å². The molecule has 0 spiro atoms. The van der Waals surface area contributed by atoms with Crippen LogP contribution in [0, 0.1) is 13.8 Å². The lowest BCUT2D eigenvalue weighted by Gasteiger charge is -2.20. The van der Waals surface area contributed by atoms with Crippen LogP contribution in [-0.2, 0) is 26.2 Å². The molecule has 0 aliphatic carbocycles. The summed E-state index contributed by atoms with van der Waals surface area (Å²) < 4.78 is 50.3. The van der Waals surface area contributed by atoms with Crippen molar-refractivity contribution in [2.75, 3.05) is 11.5 Å². The summed E-state index contributed by atoms with van der Waals surface area (Å²) in [5.41, 5.74) is 3.06. The van der Waals surface area contributed by atoms with Gasteiger partial charge in [-0.2, -0.15) is 0 Å². The molecule has 1 fully saturated rings. The standard InChI is InChI=1S/C19H23NO4S2/c1-14-6-8-17(9-7-14)26(23,24)19-13-25(21,22)12-18(19)20-11-16-5-3-4-15(2)10-16/h3-10,18-20H,11-13H2,1-2H3/t18-,19-/m1/s1. The second-order valence-electron chi connectivity index (χ2n) is 6.95. The minimum Gasteiger partial charge on any atom is -0.308 e. The van der Waals surface area contributed by atoms with Gasteiger partial charge in [-0.25, -0.2) is 16.8 Å². The first-order chi connectivity index (χ1) is 12.2. The van der Waals surface area contributed by atoms with Crippen molar-refractivity contribution in [2.45, 2.75) is 36.6 Å². The molecule has 2 aromatic rings. The van der Waals surface area contributed by atoms with E-state index in [1.54, 1.807) is 24.3 Å². The van der Waals surface area contributed by atoms with Gasteiger partial charge < -0.3 is 5.32 Å². The van der Waals surface area contributed by atoms with Gasteiger partial charge in [-0.3, -0.25) is 0 Å². The number of benzene rings is 2. The molecule has 2 atom stereocenters. The van der Waals surface area contributed by atoms with Crippen LogP contribution in [0.25, 0.3) is 0 Å². The molecule has 0 saturated carbocycles. The largest absolute Gasteiger partial charge is 0.308 e. The Labute approximate surface area is 155 Å². The first-order valence-corrected chi connectivity index (χ1v) is 11.8. The van der Waals surface area contributed by atoms with Crippen LogP contribution in [0.1, 0.15) is 16.7 Å². The van der Waals surface area contributed by atoms with Gasteiger partial charge >= 0.3 is 0 Å². The van der Waals surface area contributed by atoms with Gasteiger partial charge in [0, 0.05) is 12.6 Å². The first kappa shape index (κ1) is 19.1. The Morgan fingerprint density at radius 1 is 1.00 bits per heavy atom. The maximum Gasteiger partial charge on any atom is 0.183 e. The van der Waals surface area contributed by atoms with E-state index in [9.17, 15) is 16.8 Å². The van der Waals surface area contributed by atoms with Crippen molar-refractivity contribution in [2.24, 2.45) is 0 Å². The minimum absolute atomic E-state index is 0.158. The normalized spacial score (nSPS) is 22.4. The highest BCUT2D eigenvalue weighted by Gasteiger charge is 2.45. The topological polar surface area (TPSA) is 80.3 Å². The number of hydrogen-bond acceptors (Lipinski definition) is 5. The average molecular weight is 394 g/mol. The van der Waals surface area contributed by atoms with E-state index in [1.807, 2.05) is 38.1 Å². The Morgan fingerprint density at radius 2 is 1.69 bits per heavy atom. The van der Waals surface area contributed by atoms with Crippen LogP contribution in [0.4, 0.5) is 0 Å². The molecule has 1 saturated heterocycles. The highest BCUT2D eigenvalue weighted by molar-refractivity contribution is 7.96. The van der Waals surface area contributed by atoms with Crippen LogP contribution in [-0.4, -0.2) is 39.6 Å². The third-order valence-corrected chi connectivity index (χ3v) is 8.87. The van der Waals surface area contributed by atoms with E-state index in [2.05, 4.69) is 5.32 Å². The second kappa shape index (κ2) is 7.13. The molecule has 0 aromatic heterocycles. The zero-order chi connectivity index (χ0) is 18.9. The van der Waals surface area contributed by atoms with Crippen molar-refractivity contribution in [1.29, 1.82) is 0 Å². The van der Waals surface area contributed by atoms with E-state index < -0.39 is 31.0 Å². The van der Waals surface area contributed by atoms with Crippen LogP contribution >= 0.6 is 0 Å². The van der Waals surface area contributed by atoms with Crippen molar-refractivity contribution in [3.8, 4) is 0 Å². The molecule has 3 rings (SSSR count). The Hall–Kier alpha value is -1.70. The van der Waals surface area contributed by atoms with Crippen molar-refractivity contribution >= 4 is 19.7 Å². The van der Waals surface area contributed by atoms with Gasteiger partial charge in [-0.1, -0.05) is 47.5 Å². The lowest BCUT2D eigenvalue weighted by molar-refractivity contribution is 0.526. The lowest BCUT2D eigenvalue weighted by atomic mass is 10.1. The van der Waals surface area contributed by atoms with Crippen molar-refractivity contribution in [1.82, 2.24) is 5.32 Å². The van der Waals surface area contributed by atoms with E-state index in [-0.39, 0.29) is 16.4 Å². The van der Waals surface area contributed by atoms with Gasteiger partial charge in [0.1, 0.15) is 0 Å². The molecule has 0 bridgehead atoms. The minimum atomic E-state index is -3.73. The van der Waals surface area contributed by atoms with Gasteiger partial charge in [-0.05, 0) is 31.5 Å². The summed E-state index contributed by atoms with van der Waals surface area (Å²) in [7, 11) is -7.13. The Bertz CT molecular complexity index is 996. The summed E-state index contributed by atoms with van der Waals surface area (Å²) in [6.45, 7) is 4.29. The molecule has 0 amide bonds. The molecule has 1 aliphatic heterocycles. The predicted molar refractivity (Wildman–Crippen MR) is 103 cm³/mol. The van der Waals surface area contributed by atoms with Gasteiger partial charge in [0.25, 0.3) is 0 Å². The van der Waals surface area contributed by atoms with E-state index in [0.717, 1.165) is 16.7 Å². The molecule has 7 heteroatoms. The molecular formula is C19H23NO4S2. The molecule has 0 radical (unpaired) electrons. The van der Waals surface area contributed by atoms with Crippen LogP contribution in [0.15, 0.2) is 53.4 Å². The number of hydrogen-bond donors (Lipinski definition) is 1.